The van der Waals surface area contributed by atoms with Gasteiger partial charge in [-0.15, -0.1) is 11.3 Å². The van der Waals surface area contributed by atoms with Crippen LogP contribution < -0.4 is 10.5 Å². The number of fused-ring (bicyclic) bond motifs is 3. The summed E-state index contributed by atoms with van der Waals surface area (Å²) in [5.41, 5.74) is 11.2. The Morgan fingerprint density at radius 3 is 2.46 bits per heavy atom. The molecule has 0 spiro atoms. The number of hydrogen-bond donors (Lipinski definition) is 1. The van der Waals surface area contributed by atoms with Gasteiger partial charge >= 0.3 is 0 Å². The SMILES string of the molecule is COc1ccc(N=C2c3ccccc3-c3c2sc(N)c3C#N)cc1. The third kappa shape index (κ3) is 2.08. The van der Waals surface area contributed by atoms with Crippen LogP contribution in [0.1, 0.15) is 16.0 Å². The number of benzene rings is 2. The van der Waals surface area contributed by atoms with Crippen LogP contribution in [0.2, 0.25) is 0 Å². The van der Waals surface area contributed by atoms with Crippen LogP contribution in [0, 0.1) is 11.3 Å². The molecular weight excluding hydrogens is 318 g/mol. The van der Waals surface area contributed by atoms with Crippen LogP contribution >= 0.6 is 11.3 Å². The molecule has 4 nitrogen and oxygen atoms in total. The minimum atomic E-state index is 0.541. The maximum Gasteiger partial charge on any atom is 0.119 e. The molecule has 1 aliphatic carbocycles. The fourth-order valence-corrected chi connectivity index (χ4v) is 3.95. The highest BCUT2D eigenvalue weighted by atomic mass is 32.1. The molecule has 116 valence electrons. The first-order valence-corrected chi connectivity index (χ1v) is 8.20. The van der Waals surface area contributed by atoms with Gasteiger partial charge in [-0.2, -0.15) is 5.26 Å². The predicted molar refractivity (Wildman–Crippen MR) is 97.2 cm³/mol. The molecule has 0 unspecified atom stereocenters. The minimum absolute atomic E-state index is 0.541. The van der Waals surface area contributed by atoms with E-state index in [1.807, 2.05) is 48.5 Å². The van der Waals surface area contributed by atoms with Crippen molar-refractivity contribution in [2.24, 2.45) is 4.99 Å². The number of thiophene rings is 1. The number of nitrogen functional groups attached to an aromatic ring is 1. The third-order valence-electron chi connectivity index (χ3n) is 4.03. The van der Waals surface area contributed by atoms with Crippen molar-refractivity contribution in [2.75, 3.05) is 12.8 Å². The quantitative estimate of drug-likeness (QED) is 0.593. The summed E-state index contributed by atoms with van der Waals surface area (Å²) in [6, 6.07) is 17.8. The number of nitrogens with zero attached hydrogens (tertiary/aromatic N) is 2. The van der Waals surface area contributed by atoms with Crippen LogP contribution in [0.5, 0.6) is 5.75 Å². The van der Waals surface area contributed by atoms with Gasteiger partial charge in [-0.25, -0.2) is 4.99 Å². The van der Waals surface area contributed by atoms with Crippen molar-refractivity contribution in [2.45, 2.75) is 0 Å². The number of ether oxygens (including phenoxy) is 1. The van der Waals surface area contributed by atoms with E-state index in [1.54, 1.807) is 7.11 Å². The summed E-state index contributed by atoms with van der Waals surface area (Å²) in [6.45, 7) is 0. The summed E-state index contributed by atoms with van der Waals surface area (Å²) in [5.74, 6) is 0.790. The highest BCUT2D eigenvalue weighted by Crippen LogP contribution is 2.46. The van der Waals surface area contributed by atoms with Gasteiger partial charge in [0.05, 0.1) is 28.9 Å². The van der Waals surface area contributed by atoms with Crippen molar-refractivity contribution in [1.82, 2.24) is 0 Å². The van der Waals surface area contributed by atoms with E-state index in [-0.39, 0.29) is 0 Å². The van der Waals surface area contributed by atoms with Gasteiger partial charge in [-0.05, 0) is 29.8 Å². The van der Waals surface area contributed by atoms with Crippen molar-refractivity contribution in [3.8, 4) is 22.9 Å². The number of rotatable bonds is 2. The van der Waals surface area contributed by atoms with Gasteiger partial charge in [0.2, 0.25) is 0 Å². The third-order valence-corrected chi connectivity index (χ3v) is 5.05. The van der Waals surface area contributed by atoms with Crippen molar-refractivity contribution < 1.29 is 4.74 Å². The lowest BCUT2D eigenvalue weighted by Crippen LogP contribution is -1.95. The highest BCUT2D eigenvalue weighted by molar-refractivity contribution is 7.19. The molecule has 0 amide bonds. The van der Waals surface area contributed by atoms with Crippen molar-refractivity contribution in [3.63, 3.8) is 0 Å². The zero-order chi connectivity index (χ0) is 16.7. The lowest BCUT2D eigenvalue weighted by Gasteiger charge is -2.03. The second kappa shape index (κ2) is 5.52. The van der Waals surface area contributed by atoms with Crippen LogP contribution in [0.4, 0.5) is 10.7 Å². The van der Waals surface area contributed by atoms with Crippen LogP contribution in [0.3, 0.4) is 0 Å². The predicted octanol–water partition coefficient (Wildman–Crippen LogP) is 4.36. The monoisotopic (exact) mass is 331 g/mol. The minimum Gasteiger partial charge on any atom is -0.497 e. The van der Waals surface area contributed by atoms with Crippen LogP contribution in [0.15, 0.2) is 53.5 Å². The zero-order valence-corrected chi connectivity index (χ0v) is 13.7. The molecule has 2 aromatic carbocycles. The highest BCUT2D eigenvalue weighted by Gasteiger charge is 2.31. The van der Waals surface area contributed by atoms with E-state index in [1.165, 1.54) is 11.3 Å². The van der Waals surface area contributed by atoms with E-state index in [9.17, 15) is 5.26 Å². The van der Waals surface area contributed by atoms with Crippen LogP contribution in [0.25, 0.3) is 11.1 Å². The second-order valence-electron chi connectivity index (χ2n) is 5.36. The molecular formula is C19H13N3OS. The van der Waals surface area contributed by atoms with Crippen molar-refractivity contribution in [3.05, 3.63) is 64.5 Å². The second-order valence-corrected chi connectivity index (χ2v) is 6.41. The number of nitrogens with two attached hydrogens (primary N) is 1. The van der Waals surface area contributed by atoms with Gasteiger partial charge in [0.15, 0.2) is 0 Å². The van der Waals surface area contributed by atoms with E-state index in [2.05, 4.69) is 6.07 Å². The molecule has 5 heteroatoms. The first kappa shape index (κ1) is 14.5. The Labute approximate surface area is 143 Å². The van der Waals surface area contributed by atoms with E-state index >= 15 is 0 Å². The standard InChI is InChI=1S/C19H13N3OS/c1-23-12-8-6-11(7-9-12)22-17-14-5-3-2-4-13(14)16-15(10-20)19(21)24-18(16)17/h2-9H,21H2,1H3. The Hall–Kier alpha value is -3.10. The average Bonchev–Trinajstić information content (AvgIpc) is 3.10. The summed E-state index contributed by atoms with van der Waals surface area (Å²) < 4.78 is 5.19. The summed E-state index contributed by atoms with van der Waals surface area (Å²) >= 11 is 1.42. The number of anilines is 1. The molecule has 1 aromatic heterocycles. The lowest BCUT2D eigenvalue weighted by atomic mass is 10.0. The molecule has 4 rings (SSSR count). The smallest absolute Gasteiger partial charge is 0.119 e. The maximum absolute atomic E-state index is 9.45. The molecule has 0 saturated heterocycles. The molecule has 0 atom stereocenters. The summed E-state index contributed by atoms with van der Waals surface area (Å²) in [7, 11) is 1.64. The molecule has 0 aliphatic heterocycles. The molecule has 0 fully saturated rings. The number of hydrogen-bond acceptors (Lipinski definition) is 5. The zero-order valence-electron chi connectivity index (χ0n) is 12.9. The normalized spacial score (nSPS) is 13.4. The fourth-order valence-electron chi connectivity index (χ4n) is 2.91. The molecule has 0 radical (unpaired) electrons. The Morgan fingerprint density at radius 1 is 1.08 bits per heavy atom. The molecule has 0 bridgehead atoms. The topological polar surface area (TPSA) is 71.4 Å². The van der Waals surface area contributed by atoms with Crippen LogP contribution in [-0.2, 0) is 0 Å². The molecule has 2 N–H and O–H groups in total. The van der Waals surface area contributed by atoms with Gasteiger partial charge in [0, 0.05) is 11.1 Å². The lowest BCUT2D eigenvalue weighted by molar-refractivity contribution is 0.415. The fraction of sp³-hybridized carbons (Fsp3) is 0.0526. The first-order chi connectivity index (χ1) is 11.7. The number of methoxy groups -OCH3 is 1. The Morgan fingerprint density at radius 2 is 1.79 bits per heavy atom. The summed E-state index contributed by atoms with van der Waals surface area (Å²) in [5, 5.41) is 9.99. The van der Waals surface area contributed by atoms with E-state index in [4.69, 9.17) is 15.5 Å². The van der Waals surface area contributed by atoms with E-state index in [0.717, 1.165) is 38.7 Å². The molecule has 24 heavy (non-hydrogen) atoms. The van der Waals surface area contributed by atoms with E-state index < -0.39 is 0 Å². The Balaban J connectivity index is 1.93. The van der Waals surface area contributed by atoms with Gasteiger partial charge in [0.1, 0.15) is 16.8 Å². The maximum atomic E-state index is 9.45. The summed E-state index contributed by atoms with van der Waals surface area (Å²) in [4.78, 5) is 5.77. The van der Waals surface area contributed by atoms with Gasteiger partial charge in [-0.1, -0.05) is 24.3 Å². The van der Waals surface area contributed by atoms with Crippen molar-refractivity contribution >= 4 is 27.7 Å². The Kier molecular flexibility index (Phi) is 3.33. The molecule has 1 aliphatic rings. The van der Waals surface area contributed by atoms with Gasteiger partial charge in [-0.3, -0.25) is 0 Å². The van der Waals surface area contributed by atoms with Crippen LogP contribution in [-0.4, -0.2) is 12.8 Å². The largest absolute Gasteiger partial charge is 0.497 e. The number of aliphatic imine (C=N–C) groups is 1. The first-order valence-electron chi connectivity index (χ1n) is 7.38. The molecule has 1 heterocycles. The summed E-state index contributed by atoms with van der Waals surface area (Å²) in [6.07, 6.45) is 0. The number of nitriles is 1. The van der Waals surface area contributed by atoms with Crippen molar-refractivity contribution in [1.29, 1.82) is 5.26 Å². The molecule has 3 aromatic rings. The van der Waals surface area contributed by atoms with Gasteiger partial charge in [0.25, 0.3) is 0 Å². The van der Waals surface area contributed by atoms with E-state index in [0.29, 0.717) is 10.6 Å². The average molecular weight is 331 g/mol. The van der Waals surface area contributed by atoms with Gasteiger partial charge < -0.3 is 10.5 Å². The Bertz CT molecular complexity index is 1010. The molecule has 0 saturated carbocycles.